The number of halogens is 1. The van der Waals surface area contributed by atoms with Crippen LogP contribution in [0.5, 0.6) is 0 Å². The number of esters is 1. The monoisotopic (exact) mass is 318 g/mol. The lowest BCUT2D eigenvalue weighted by atomic mass is 9.92. The van der Waals surface area contributed by atoms with E-state index in [-0.39, 0.29) is 11.9 Å². The second kappa shape index (κ2) is 7.97. The molecule has 0 radical (unpaired) electrons. The molecule has 1 aromatic rings. The third-order valence-corrected chi connectivity index (χ3v) is 3.71. The van der Waals surface area contributed by atoms with Gasteiger partial charge in [0.25, 0.3) is 0 Å². The third kappa shape index (κ3) is 4.09. The molecule has 1 aliphatic heterocycles. The zero-order valence-corrected chi connectivity index (χ0v) is 13.3. The molecule has 0 amide bonds. The van der Waals surface area contributed by atoms with Crippen LogP contribution in [0.1, 0.15) is 12.5 Å². The van der Waals surface area contributed by atoms with E-state index in [0.717, 1.165) is 16.7 Å². The van der Waals surface area contributed by atoms with E-state index < -0.39 is 0 Å². The second-order valence-electron chi connectivity index (χ2n) is 4.89. The fraction of sp³-hybridized carbons (Fsp3) is 0.278. The molecule has 22 heavy (non-hydrogen) atoms. The molecule has 1 atom stereocenters. The predicted molar refractivity (Wildman–Crippen MR) is 88.7 cm³/mol. The average Bonchev–Trinajstić information content (AvgIpc) is 2.98. The molecule has 0 saturated carbocycles. The summed E-state index contributed by atoms with van der Waals surface area (Å²) >= 11 is 5.95. The molecule has 0 aromatic heterocycles. The van der Waals surface area contributed by atoms with Crippen LogP contribution in [0.2, 0.25) is 5.02 Å². The van der Waals surface area contributed by atoms with Crippen LogP contribution in [0.25, 0.3) is 5.57 Å². The van der Waals surface area contributed by atoms with Crippen molar-refractivity contribution in [2.24, 2.45) is 5.92 Å². The number of benzene rings is 1. The van der Waals surface area contributed by atoms with E-state index >= 15 is 0 Å². The summed E-state index contributed by atoms with van der Waals surface area (Å²) in [4.78, 5) is 11.6. The van der Waals surface area contributed by atoms with Crippen molar-refractivity contribution in [1.82, 2.24) is 0 Å². The standard InChI is InChI=1S/C18H19ClO3/c1-3-13-11-21-12-17(13)16(9-10-18(20)22-4-2)14-5-7-15(19)8-6-14/h3,5-10,13H,1,4,11-12H2,2H3/b10-9+,17-16+. The zero-order chi connectivity index (χ0) is 15.9. The van der Waals surface area contributed by atoms with E-state index in [0.29, 0.717) is 24.8 Å². The molecule has 3 nitrogen and oxygen atoms in total. The highest BCUT2D eigenvalue weighted by Gasteiger charge is 2.22. The van der Waals surface area contributed by atoms with Gasteiger partial charge >= 0.3 is 5.97 Å². The molecule has 1 fully saturated rings. The first-order chi connectivity index (χ1) is 10.7. The molecule has 0 aliphatic carbocycles. The summed E-state index contributed by atoms with van der Waals surface area (Å²) in [5.41, 5.74) is 3.04. The average molecular weight is 319 g/mol. The van der Waals surface area contributed by atoms with Gasteiger partial charge in [-0.2, -0.15) is 0 Å². The molecular weight excluding hydrogens is 300 g/mol. The van der Waals surface area contributed by atoms with Crippen LogP contribution >= 0.6 is 11.6 Å². The largest absolute Gasteiger partial charge is 0.463 e. The summed E-state index contributed by atoms with van der Waals surface area (Å²) in [5.74, 6) is -0.207. The third-order valence-electron chi connectivity index (χ3n) is 3.46. The molecule has 1 unspecified atom stereocenters. The van der Waals surface area contributed by atoms with Crippen molar-refractivity contribution < 1.29 is 14.3 Å². The molecule has 1 heterocycles. The molecule has 1 aromatic carbocycles. The highest BCUT2D eigenvalue weighted by molar-refractivity contribution is 6.30. The van der Waals surface area contributed by atoms with Crippen molar-refractivity contribution in [1.29, 1.82) is 0 Å². The first kappa shape index (κ1) is 16.5. The predicted octanol–water partition coefficient (Wildman–Crippen LogP) is 4.05. The highest BCUT2D eigenvalue weighted by atomic mass is 35.5. The van der Waals surface area contributed by atoms with Gasteiger partial charge in [-0.25, -0.2) is 4.79 Å². The van der Waals surface area contributed by atoms with Crippen molar-refractivity contribution in [2.45, 2.75) is 6.92 Å². The minimum atomic E-state index is -0.358. The van der Waals surface area contributed by atoms with Gasteiger partial charge in [0.15, 0.2) is 0 Å². The molecule has 116 valence electrons. The lowest BCUT2D eigenvalue weighted by molar-refractivity contribution is -0.137. The Hall–Kier alpha value is -1.84. The Morgan fingerprint density at radius 1 is 1.41 bits per heavy atom. The van der Waals surface area contributed by atoms with Crippen LogP contribution < -0.4 is 0 Å². The second-order valence-corrected chi connectivity index (χ2v) is 5.32. The summed E-state index contributed by atoms with van der Waals surface area (Å²) in [6.45, 7) is 7.14. The van der Waals surface area contributed by atoms with Crippen LogP contribution in [0.3, 0.4) is 0 Å². The van der Waals surface area contributed by atoms with Crippen molar-refractivity contribution in [3.8, 4) is 0 Å². The summed E-state index contributed by atoms with van der Waals surface area (Å²) < 4.78 is 10.5. The van der Waals surface area contributed by atoms with E-state index in [9.17, 15) is 4.79 Å². The minimum absolute atomic E-state index is 0.150. The van der Waals surface area contributed by atoms with Gasteiger partial charge in [0.1, 0.15) is 0 Å². The van der Waals surface area contributed by atoms with Gasteiger partial charge in [-0.05, 0) is 41.8 Å². The van der Waals surface area contributed by atoms with Gasteiger partial charge < -0.3 is 9.47 Å². The van der Waals surface area contributed by atoms with Crippen LogP contribution in [0.4, 0.5) is 0 Å². The van der Waals surface area contributed by atoms with Crippen molar-refractivity contribution >= 4 is 23.1 Å². The number of rotatable bonds is 5. The number of ether oxygens (including phenoxy) is 2. The smallest absolute Gasteiger partial charge is 0.330 e. The molecule has 2 rings (SSSR count). The minimum Gasteiger partial charge on any atom is -0.463 e. The maximum absolute atomic E-state index is 11.6. The van der Waals surface area contributed by atoms with Gasteiger partial charge in [0.05, 0.1) is 19.8 Å². The summed E-state index contributed by atoms with van der Waals surface area (Å²) in [6.07, 6.45) is 5.09. The van der Waals surface area contributed by atoms with Crippen LogP contribution in [0.15, 0.2) is 54.6 Å². The molecule has 1 aliphatic rings. The molecule has 4 heteroatoms. The highest BCUT2D eigenvalue weighted by Crippen LogP contribution is 2.31. The van der Waals surface area contributed by atoms with E-state index in [1.807, 2.05) is 30.3 Å². The van der Waals surface area contributed by atoms with Crippen molar-refractivity contribution in [3.05, 3.63) is 65.2 Å². The van der Waals surface area contributed by atoms with Gasteiger partial charge in [0.2, 0.25) is 0 Å². The first-order valence-electron chi connectivity index (χ1n) is 7.19. The zero-order valence-electron chi connectivity index (χ0n) is 12.5. The van der Waals surface area contributed by atoms with Gasteiger partial charge in [-0.15, -0.1) is 6.58 Å². The van der Waals surface area contributed by atoms with Gasteiger partial charge in [0, 0.05) is 17.0 Å². The lowest BCUT2D eigenvalue weighted by Crippen LogP contribution is -2.02. The fourth-order valence-corrected chi connectivity index (χ4v) is 2.48. The summed E-state index contributed by atoms with van der Waals surface area (Å²) in [6, 6.07) is 7.51. The number of carbonyl (C=O) groups is 1. The first-order valence-corrected chi connectivity index (χ1v) is 7.57. The van der Waals surface area contributed by atoms with Crippen molar-refractivity contribution in [3.63, 3.8) is 0 Å². The Bertz CT molecular complexity index is 599. The molecular formula is C18H19ClO3. The van der Waals surface area contributed by atoms with E-state index in [4.69, 9.17) is 21.1 Å². The Morgan fingerprint density at radius 2 is 2.14 bits per heavy atom. The van der Waals surface area contributed by atoms with Gasteiger partial charge in [-0.1, -0.05) is 29.8 Å². The van der Waals surface area contributed by atoms with Crippen LogP contribution in [-0.4, -0.2) is 25.8 Å². The maximum Gasteiger partial charge on any atom is 0.330 e. The number of hydrogen-bond donors (Lipinski definition) is 0. The van der Waals surface area contributed by atoms with E-state index in [1.165, 1.54) is 6.08 Å². The van der Waals surface area contributed by atoms with Crippen molar-refractivity contribution in [2.75, 3.05) is 19.8 Å². The fourth-order valence-electron chi connectivity index (χ4n) is 2.35. The Kier molecular flexibility index (Phi) is 5.99. The lowest BCUT2D eigenvalue weighted by Gasteiger charge is -2.11. The summed E-state index contributed by atoms with van der Waals surface area (Å²) in [7, 11) is 0. The maximum atomic E-state index is 11.6. The number of hydrogen-bond acceptors (Lipinski definition) is 3. The van der Waals surface area contributed by atoms with E-state index in [1.54, 1.807) is 13.0 Å². The molecule has 0 bridgehead atoms. The van der Waals surface area contributed by atoms with Crippen LogP contribution in [-0.2, 0) is 14.3 Å². The topological polar surface area (TPSA) is 35.5 Å². The Morgan fingerprint density at radius 3 is 2.77 bits per heavy atom. The SMILES string of the molecule is C=CC1COC/C1=C(/C=C/C(=O)OCC)c1ccc(Cl)cc1. The molecule has 0 N–H and O–H groups in total. The number of allylic oxidation sites excluding steroid dienone is 2. The van der Waals surface area contributed by atoms with Crippen LogP contribution in [0, 0.1) is 5.92 Å². The van der Waals surface area contributed by atoms with Gasteiger partial charge in [-0.3, -0.25) is 0 Å². The Labute approximate surface area is 135 Å². The Balaban J connectivity index is 2.41. The number of carbonyl (C=O) groups excluding carboxylic acids is 1. The quantitative estimate of drug-likeness (QED) is 0.467. The molecule has 0 spiro atoms. The summed E-state index contributed by atoms with van der Waals surface area (Å²) in [5, 5.41) is 0.672. The molecule has 1 saturated heterocycles. The van der Waals surface area contributed by atoms with E-state index in [2.05, 4.69) is 6.58 Å². The normalized spacial score (nSPS) is 20.2.